The third-order valence-corrected chi connectivity index (χ3v) is 3.29. The fourth-order valence-corrected chi connectivity index (χ4v) is 2.11. The average molecular weight is 280 g/mol. The molecule has 5 heteroatoms. The van der Waals surface area contributed by atoms with E-state index in [1.807, 2.05) is 6.20 Å². The Kier molecular flexibility index (Phi) is 6.88. The summed E-state index contributed by atoms with van der Waals surface area (Å²) in [5.41, 5.74) is 1.69. The predicted octanol–water partition coefficient (Wildman–Crippen LogP) is 1.87. The van der Waals surface area contributed by atoms with E-state index in [1.165, 1.54) is 0 Å². The maximum atomic E-state index is 9.56. The summed E-state index contributed by atoms with van der Waals surface area (Å²) in [6.45, 7) is 9.09. The second-order valence-electron chi connectivity index (χ2n) is 5.61. The van der Waals surface area contributed by atoms with Crippen molar-refractivity contribution >= 4 is 5.69 Å². The molecular weight excluding hydrogens is 252 g/mol. The molecule has 0 unspecified atom stereocenters. The standard InChI is InChI=1S/C15H28N4O/c1-6-19(9-7-8-18(4)5)14-10-16-15(12(2)3)17-13(14)11-20/h10,12,20H,6-9,11H2,1-5H3. The van der Waals surface area contributed by atoms with Crippen LogP contribution in [0.15, 0.2) is 6.20 Å². The predicted molar refractivity (Wildman–Crippen MR) is 83.1 cm³/mol. The Morgan fingerprint density at radius 3 is 2.45 bits per heavy atom. The molecule has 20 heavy (non-hydrogen) atoms. The first-order valence-corrected chi connectivity index (χ1v) is 7.35. The maximum Gasteiger partial charge on any atom is 0.131 e. The van der Waals surface area contributed by atoms with Gasteiger partial charge in [0.05, 0.1) is 24.2 Å². The van der Waals surface area contributed by atoms with Gasteiger partial charge in [-0.2, -0.15) is 0 Å². The van der Waals surface area contributed by atoms with Gasteiger partial charge >= 0.3 is 0 Å². The number of hydrogen-bond donors (Lipinski definition) is 1. The molecule has 0 saturated heterocycles. The van der Waals surface area contributed by atoms with Crippen LogP contribution in [0.4, 0.5) is 5.69 Å². The quantitative estimate of drug-likeness (QED) is 0.788. The molecule has 1 aromatic heterocycles. The van der Waals surface area contributed by atoms with Crippen LogP contribution in [0.1, 0.15) is 44.6 Å². The minimum absolute atomic E-state index is 0.0399. The fraction of sp³-hybridized carbons (Fsp3) is 0.733. The van der Waals surface area contributed by atoms with E-state index in [-0.39, 0.29) is 12.5 Å². The van der Waals surface area contributed by atoms with Crippen molar-refractivity contribution in [2.45, 2.75) is 39.7 Å². The highest BCUT2D eigenvalue weighted by Gasteiger charge is 2.13. The van der Waals surface area contributed by atoms with Gasteiger partial charge in [-0.1, -0.05) is 13.8 Å². The van der Waals surface area contributed by atoms with Gasteiger partial charge in [-0.25, -0.2) is 9.97 Å². The molecule has 1 N–H and O–H groups in total. The minimum atomic E-state index is -0.0399. The van der Waals surface area contributed by atoms with E-state index in [0.717, 1.165) is 43.3 Å². The summed E-state index contributed by atoms with van der Waals surface area (Å²) in [6.07, 6.45) is 2.94. The lowest BCUT2D eigenvalue weighted by atomic mass is 10.2. The van der Waals surface area contributed by atoms with Crippen molar-refractivity contribution < 1.29 is 5.11 Å². The van der Waals surface area contributed by atoms with Gasteiger partial charge in [0.25, 0.3) is 0 Å². The highest BCUT2D eigenvalue weighted by molar-refractivity contribution is 5.48. The lowest BCUT2D eigenvalue weighted by molar-refractivity contribution is 0.276. The highest BCUT2D eigenvalue weighted by atomic mass is 16.3. The molecule has 1 rings (SSSR count). The molecular formula is C15H28N4O. The zero-order chi connectivity index (χ0) is 15.1. The van der Waals surface area contributed by atoms with Gasteiger partial charge in [-0.15, -0.1) is 0 Å². The Labute approximate surface area is 122 Å². The third-order valence-electron chi connectivity index (χ3n) is 3.29. The van der Waals surface area contributed by atoms with Crippen LogP contribution in [-0.4, -0.2) is 53.7 Å². The van der Waals surface area contributed by atoms with Crippen LogP contribution >= 0.6 is 0 Å². The monoisotopic (exact) mass is 280 g/mol. The smallest absolute Gasteiger partial charge is 0.131 e. The number of aromatic nitrogens is 2. The van der Waals surface area contributed by atoms with Crippen molar-refractivity contribution in [1.29, 1.82) is 0 Å². The van der Waals surface area contributed by atoms with Crippen molar-refractivity contribution in [1.82, 2.24) is 14.9 Å². The molecule has 0 fully saturated rings. The van der Waals surface area contributed by atoms with Crippen LogP contribution in [0.3, 0.4) is 0 Å². The topological polar surface area (TPSA) is 52.5 Å². The zero-order valence-corrected chi connectivity index (χ0v) is 13.4. The molecule has 5 nitrogen and oxygen atoms in total. The Bertz CT molecular complexity index is 407. The Morgan fingerprint density at radius 2 is 1.95 bits per heavy atom. The van der Waals surface area contributed by atoms with Crippen molar-refractivity contribution in [2.75, 3.05) is 38.6 Å². The summed E-state index contributed by atoms with van der Waals surface area (Å²) >= 11 is 0. The normalized spacial score (nSPS) is 11.4. The molecule has 1 aromatic rings. The Hall–Kier alpha value is -1.20. The SMILES string of the molecule is CCN(CCCN(C)C)c1cnc(C(C)C)nc1CO. The molecule has 0 saturated carbocycles. The lowest BCUT2D eigenvalue weighted by Gasteiger charge is -2.25. The number of rotatable bonds is 8. The van der Waals surface area contributed by atoms with E-state index >= 15 is 0 Å². The second kappa shape index (κ2) is 8.17. The van der Waals surface area contributed by atoms with Crippen LogP contribution in [0.25, 0.3) is 0 Å². The van der Waals surface area contributed by atoms with Crippen LogP contribution in [0.2, 0.25) is 0 Å². The molecule has 0 aromatic carbocycles. The van der Waals surface area contributed by atoms with Gasteiger partial charge < -0.3 is 14.9 Å². The first-order valence-electron chi connectivity index (χ1n) is 7.35. The molecule has 0 aliphatic carbocycles. The summed E-state index contributed by atoms with van der Waals surface area (Å²) in [5, 5.41) is 9.56. The van der Waals surface area contributed by atoms with Gasteiger partial charge in [-0.3, -0.25) is 0 Å². The van der Waals surface area contributed by atoms with Crippen LogP contribution < -0.4 is 4.90 Å². The maximum absolute atomic E-state index is 9.56. The Balaban J connectivity index is 2.85. The first-order chi connectivity index (χ1) is 9.49. The van der Waals surface area contributed by atoms with E-state index in [9.17, 15) is 5.11 Å². The van der Waals surface area contributed by atoms with Gasteiger partial charge in [0.1, 0.15) is 5.82 Å². The van der Waals surface area contributed by atoms with Crippen molar-refractivity contribution in [3.8, 4) is 0 Å². The van der Waals surface area contributed by atoms with Crippen LogP contribution in [-0.2, 0) is 6.61 Å². The summed E-state index contributed by atoms with van der Waals surface area (Å²) in [5.74, 6) is 1.07. The van der Waals surface area contributed by atoms with E-state index in [0.29, 0.717) is 0 Å². The fourth-order valence-electron chi connectivity index (χ4n) is 2.11. The summed E-state index contributed by atoms with van der Waals surface area (Å²) in [7, 11) is 4.16. The molecule has 0 radical (unpaired) electrons. The molecule has 0 bridgehead atoms. The number of hydrogen-bond acceptors (Lipinski definition) is 5. The summed E-state index contributed by atoms with van der Waals surface area (Å²) in [6, 6.07) is 0. The first kappa shape index (κ1) is 16.9. The number of nitrogens with zero attached hydrogens (tertiary/aromatic N) is 4. The summed E-state index contributed by atoms with van der Waals surface area (Å²) < 4.78 is 0. The molecule has 1 heterocycles. The molecule has 0 atom stereocenters. The van der Waals surface area contributed by atoms with Crippen LogP contribution in [0.5, 0.6) is 0 Å². The number of aliphatic hydroxyl groups is 1. The van der Waals surface area contributed by atoms with Gasteiger partial charge in [0.2, 0.25) is 0 Å². The number of anilines is 1. The average Bonchev–Trinajstić information content (AvgIpc) is 2.42. The van der Waals surface area contributed by atoms with E-state index in [4.69, 9.17) is 0 Å². The van der Waals surface area contributed by atoms with Crippen molar-refractivity contribution in [2.24, 2.45) is 0 Å². The number of aliphatic hydroxyl groups excluding tert-OH is 1. The molecule has 0 aliphatic rings. The van der Waals surface area contributed by atoms with E-state index in [2.05, 4.69) is 54.6 Å². The molecule has 0 aliphatic heterocycles. The van der Waals surface area contributed by atoms with Gasteiger partial charge in [-0.05, 0) is 34.0 Å². The molecule has 0 amide bonds. The van der Waals surface area contributed by atoms with E-state index in [1.54, 1.807) is 0 Å². The summed E-state index contributed by atoms with van der Waals surface area (Å²) in [4.78, 5) is 13.3. The second-order valence-corrected chi connectivity index (χ2v) is 5.61. The third kappa shape index (κ3) is 4.72. The van der Waals surface area contributed by atoms with E-state index < -0.39 is 0 Å². The Morgan fingerprint density at radius 1 is 1.25 bits per heavy atom. The van der Waals surface area contributed by atoms with Crippen molar-refractivity contribution in [3.63, 3.8) is 0 Å². The highest BCUT2D eigenvalue weighted by Crippen LogP contribution is 2.20. The van der Waals surface area contributed by atoms with Gasteiger partial charge in [0, 0.05) is 19.0 Å². The largest absolute Gasteiger partial charge is 0.390 e. The van der Waals surface area contributed by atoms with Crippen LogP contribution in [0, 0.1) is 0 Å². The van der Waals surface area contributed by atoms with Gasteiger partial charge in [0.15, 0.2) is 0 Å². The minimum Gasteiger partial charge on any atom is -0.390 e. The molecule has 114 valence electrons. The zero-order valence-electron chi connectivity index (χ0n) is 13.4. The lowest BCUT2D eigenvalue weighted by Crippen LogP contribution is -2.28. The molecule has 0 spiro atoms. The van der Waals surface area contributed by atoms with Crippen molar-refractivity contribution in [3.05, 3.63) is 17.7 Å².